The van der Waals surface area contributed by atoms with Crippen LogP contribution in [-0.2, 0) is 16.9 Å². The van der Waals surface area contributed by atoms with Crippen LogP contribution in [0.2, 0.25) is 0 Å². The molecule has 2 aromatic heterocycles. The van der Waals surface area contributed by atoms with E-state index in [-0.39, 0.29) is 11.7 Å². The molecule has 1 aliphatic heterocycles. The molecule has 1 atom stereocenters. The van der Waals surface area contributed by atoms with Crippen LogP contribution in [0, 0.1) is 0 Å². The Morgan fingerprint density at radius 3 is 2.95 bits per heavy atom. The molecule has 0 bridgehead atoms. The summed E-state index contributed by atoms with van der Waals surface area (Å²) >= 11 is 0. The highest BCUT2D eigenvalue weighted by Crippen LogP contribution is 2.17. The van der Waals surface area contributed by atoms with Crippen molar-refractivity contribution in [3.05, 3.63) is 41.6 Å². The maximum absolute atomic E-state index is 12.1. The van der Waals surface area contributed by atoms with Crippen LogP contribution in [0.25, 0.3) is 11.4 Å². The SMILES string of the molecule is Cn1cccc1-c1cc(C(=O)N[C@H]2C=CS(=O)(=O)C2)[nH]n1. The Labute approximate surface area is 121 Å². The van der Waals surface area contributed by atoms with Crippen LogP contribution in [0.1, 0.15) is 10.5 Å². The van der Waals surface area contributed by atoms with Crippen molar-refractivity contribution < 1.29 is 13.2 Å². The van der Waals surface area contributed by atoms with E-state index in [1.54, 1.807) is 6.07 Å². The normalized spacial score (nSPS) is 19.8. The molecule has 3 heterocycles. The summed E-state index contributed by atoms with van der Waals surface area (Å²) in [5.74, 6) is -0.480. The van der Waals surface area contributed by atoms with E-state index in [4.69, 9.17) is 0 Å². The molecule has 110 valence electrons. The lowest BCUT2D eigenvalue weighted by molar-refractivity contribution is 0.0942. The van der Waals surface area contributed by atoms with Crippen molar-refractivity contribution in [2.24, 2.45) is 7.05 Å². The molecule has 2 N–H and O–H groups in total. The van der Waals surface area contributed by atoms with E-state index in [2.05, 4.69) is 15.5 Å². The van der Waals surface area contributed by atoms with Crippen LogP contribution >= 0.6 is 0 Å². The summed E-state index contributed by atoms with van der Waals surface area (Å²) < 4.78 is 24.5. The quantitative estimate of drug-likeness (QED) is 0.860. The molecule has 7 nitrogen and oxygen atoms in total. The van der Waals surface area contributed by atoms with Crippen LogP contribution in [0.5, 0.6) is 0 Å². The first-order valence-corrected chi connectivity index (χ1v) is 8.05. The molecule has 0 unspecified atom stereocenters. The first kappa shape index (κ1) is 13.6. The highest BCUT2D eigenvalue weighted by Gasteiger charge is 2.24. The average molecular weight is 306 g/mol. The molecule has 3 rings (SSSR count). The van der Waals surface area contributed by atoms with Crippen LogP contribution in [0.4, 0.5) is 0 Å². The number of sulfone groups is 1. The second kappa shape index (κ2) is 4.88. The van der Waals surface area contributed by atoms with Gasteiger partial charge < -0.3 is 9.88 Å². The topological polar surface area (TPSA) is 96.9 Å². The Morgan fingerprint density at radius 1 is 1.52 bits per heavy atom. The average Bonchev–Trinajstić information content (AvgIpc) is 3.09. The number of aryl methyl sites for hydroxylation is 1. The molecule has 2 aromatic rings. The number of H-pyrrole nitrogens is 1. The number of aromatic nitrogens is 3. The molecule has 1 aliphatic rings. The molecule has 0 saturated heterocycles. The van der Waals surface area contributed by atoms with Gasteiger partial charge in [0.15, 0.2) is 9.84 Å². The fourth-order valence-corrected chi connectivity index (χ4v) is 3.44. The number of amides is 1. The number of rotatable bonds is 3. The van der Waals surface area contributed by atoms with Crippen molar-refractivity contribution in [1.82, 2.24) is 20.1 Å². The summed E-state index contributed by atoms with van der Waals surface area (Å²) in [6, 6.07) is 4.92. The first-order chi connectivity index (χ1) is 9.94. The highest BCUT2D eigenvalue weighted by molar-refractivity contribution is 7.94. The number of hydrogen-bond donors (Lipinski definition) is 2. The van der Waals surface area contributed by atoms with E-state index >= 15 is 0 Å². The van der Waals surface area contributed by atoms with Gasteiger partial charge in [-0.25, -0.2) is 8.42 Å². The van der Waals surface area contributed by atoms with E-state index in [0.29, 0.717) is 11.4 Å². The fourth-order valence-electron chi connectivity index (χ4n) is 2.21. The van der Waals surface area contributed by atoms with E-state index in [0.717, 1.165) is 11.1 Å². The fraction of sp³-hybridized carbons (Fsp3) is 0.231. The number of hydrogen-bond acceptors (Lipinski definition) is 4. The van der Waals surface area contributed by atoms with Crippen molar-refractivity contribution in [2.45, 2.75) is 6.04 Å². The summed E-state index contributed by atoms with van der Waals surface area (Å²) in [5.41, 5.74) is 1.83. The number of carbonyl (C=O) groups excluding carboxylic acids is 1. The van der Waals surface area contributed by atoms with Gasteiger partial charge in [0.1, 0.15) is 11.4 Å². The monoisotopic (exact) mass is 306 g/mol. The van der Waals surface area contributed by atoms with E-state index in [1.165, 1.54) is 6.08 Å². The molecule has 0 aromatic carbocycles. The van der Waals surface area contributed by atoms with Crippen LogP contribution < -0.4 is 5.32 Å². The van der Waals surface area contributed by atoms with Gasteiger partial charge in [0, 0.05) is 18.7 Å². The smallest absolute Gasteiger partial charge is 0.269 e. The second-order valence-corrected chi connectivity index (χ2v) is 6.84. The minimum absolute atomic E-state index is 0.0997. The lowest BCUT2D eigenvalue weighted by Crippen LogP contribution is -2.35. The van der Waals surface area contributed by atoms with Gasteiger partial charge in [-0.3, -0.25) is 9.89 Å². The van der Waals surface area contributed by atoms with E-state index < -0.39 is 15.9 Å². The predicted molar refractivity (Wildman–Crippen MR) is 77.2 cm³/mol. The Bertz CT molecular complexity index is 816. The van der Waals surface area contributed by atoms with E-state index in [9.17, 15) is 13.2 Å². The molecule has 8 heteroatoms. The van der Waals surface area contributed by atoms with Crippen LogP contribution in [0.15, 0.2) is 35.9 Å². The van der Waals surface area contributed by atoms with Gasteiger partial charge in [-0.15, -0.1) is 0 Å². The Hall–Kier alpha value is -2.35. The van der Waals surface area contributed by atoms with E-state index in [1.807, 2.05) is 29.9 Å². The summed E-state index contributed by atoms with van der Waals surface area (Å²) in [5, 5.41) is 10.5. The molecule has 0 fully saturated rings. The number of nitrogens with zero attached hydrogens (tertiary/aromatic N) is 2. The molecule has 1 amide bonds. The lowest BCUT2D eigenvalue weighted by atomic mass is 10.2. The van der Waals surface area contributed by atoms with Crippen molar-refractivity contribution in [3.63, 3.8) is 0 Å². The van der Waals surface area contributed by atoms with Crippen molar-refractivity contribution in [2.75, 3.05) is 5.75 Å². The summed E-state index contributed by atoms with van der Waals surface area (Å²) in [7, 11) is -1.30. The zero-order valence-corrected chi connectivity index (χ0v) is 12.1. The number of carbonyl (C=O) groups is 1. The summed E-state index contributed by atoms with van der Waals surface area (Å²) in [6.07, 6.45) is 3.36. The third kappa shape index (κ3) is 2.75. The van der Waals surface area contributed by atoms with Crippen molar-refractivity contribution >= 4 is 15.7 Å². The van der Waals surface area contributed by atoms with Gasteiger partial charge in [0.25, 0.3) is 5.91 Å². The largest absolute Gasteiger partial charge is 0.349 e. The van der Waals surface area contributed by atoms with Gasteiger partial charge in [0.05, 0.1) is 17.5 Å². The number of aromatic amines is 1. The molecule has 0 radical (unpaired) electrons. The third-order valence-corrected chi connectivity index (χ3v) is 4.67. The standard InChI is InChI=1S/C13H14N4O3S/c1-17-5-2-3-12(17)10-7-11(16-15-10)13(18)14-9-4-6-21(19,20)8-9/h2-7,9H,8H2,1H3,(H,14,18)(H,15,16)/t9-/m0/s1. The maximum atomic E-state index is 12.1. The minimum Gasteiger partial charge on any atom is -0.349 e. The molecule has 0 spiro atoms. The molecular formula is C13H14N4O3S. The Balaban J connectivity index is 1.74. The second-order valence-electron chi connectivity index (χ2n) is 4.91. The van der Waals surface area contributed by atoms with Crippen molar-refractivity contribution in [3.8, 4) is 11.4 Å². The molecular weight excluding hydrogens is 292 g/mol. The predicted octanol–water partition coefficient (Wildman–Crippen LogP) is 0.456. The van der Waals surface area contributed by atoms with Gasteiger partial charge in [0.2, 0.25) is 0 Å². The Morgan fingerprint density at radius 2 is 2.33 bits per heavy atom. The van der Waals surface area contributed by atoms with Gasteiger partial charge in [-0.05, 0) is 24.3 Å². The van der Waals surface area contributed by atoms with Crippen LogP contribution in [0.3, 0.4) is 0 Å². The highest BCUT2D eigenvalue weighted by atomic mass is 32.2. The molecule has 21 heavy (non-hydrogen) atoms. The zero-order chi connectivity index (χ0) is 15.0. The van der Waals surface area contributed by atoms with Gasteiger partial charge in [-0.1, -0.05) is 0 Å². The van der Waals surface area contributed by atoms with Gasteiger partial charge in [-0.2, -0.15) is 5.10 Å². The maximum Gasteiger partial charge on any atom is 0.269 e. The molecule has 0 aliphatic carbocycles. The molecule has 0 saturated carbocycles. The van der Waals surface area contributed by atoms with Gasteiger partial charge >= 0.3 is 0 Å². The Kier molecular flexibility index (Phi) is 3.17. The third-order valence-electron chi connectivity index (χ3n) is 3.28. The number of nitrogens with one attached hydrogen (secondary N) is 2. The van der Waals surface area contributed by atoms with Crippen molar-refractivity contribution in [1.29, 1.82) is 0 Å². The van der Waals surface area contributed by atoms with Crippen LogP contribution in [-0.4, -0.2) is 40.9 Å². The summed E-state index contributed by atoms with van der Waals surface area (Å²) in [4.78, 5) is 12.1. The first-order valence-electron chi connectivity index (χ1n) is 6.33. The zero-order valence-electron chi connectivity index (χ0n) is 11.3. The lowest BCUT2D eigenvalue weighted by Gasteiger charge is -2.08. The summed E-state index contributed by atoms with van der Waals surface area (Å²) in [6.45, 7) is 0. The minimum atomic E-state index is -3.18.